The molecule has 1 atom stereocenters. The molecule has 94 valence electrons. The Balaban J connectivity index is 2.56. The summed E-state index contributed by atoms with van der Waals surface area (Å²) in [6, 6.07) is 7.12. The minimum atomic E-state index is -0.669. The Hall–Kier alpha value is -1.75. The van der Waals surface area contributed by atoms with Gasteiger partial charge in [-0.15, -0.1) is 0 Å². The summed E-state index contributed by atoms with van der Waals surface area (Å²) in [6.45, 7) is 1.08. The van der Waals surface area contributed by atoms with Crippen molar-refractivity contribution in [3.8, 4) is 11.5 Å². The Kier molecular flexibility index (Phi) is 5.29. The van der Waals surface area contributed by atoms with Gasteiger partial charge in [-0.1, -0.05) is 12.1 Å². The third-order valence-electron chi connectivity index (χ3n) is 2.03. The monoisotopic (exact) mass is 240 g/mol. The molecule has 1 aromatic carbocycles. The van der Waals surface area contributed by atoms with Crippen molar-refractivity contribution in [3.05, 3.63) is 24.3 Å². The number of aliphatic hydroxyl groups excluding tert-OH is 1. The van der Waals surface area contributed by atoms with E-state index in [1.165, 1.54) is 14.0 Å². The molecule has 0 radical (unpaired) electrons. The summed E-state index contributed by atoms with van der Waals surface area (Å²) >= 11 is 0. The zero-order valence-corrected chi connectivity index (χ0v) is 9.88. The molecule has 0 heterocycles. The number of hydrogen-bond acceptors (Lipinski definition) is 5. The summed E-state index contributed by atoms with van der Waals surface area (Å²) in [7, 11) is 1.54. The fraction of sp³-hybridized carbons (Fsp3) is 0.417. The van der Waals surface area contributed by atoms with Crippen molar-refractivity contribution in [1.29, 1.82) is 0 Å². The number of carbonyl (C=O) groups excluding carboxylic acids is 1. The first kappa shape index (κ1) is 13.3. The minimum Gasteiger partial charge on any atom is -0.493 e. The molecule has 0 bridgehead atoms. The van der Waals surface area contributed by atoms with Crippen LogP contribution in [0.5, 0.6) is 11.5 Å². The second-order valence-electron chi connectivity index (χ2n) is 3.38. The van der Waals surface area contributed by atoms with Crippen LogP contribution in [0.15, 0.2) is 24.3 Å². The number of aliphatic hydroxyl groups is 1. The summed E-state index contributed by atoms with van der Waals surface area (Å²) in [5, 5.41) is 8.99. The van der Waals surface area contributed by atoms with Gasteiger partial charge in [-0.2, -0.15) is 0 Å². The predicted molar refractivity (Wildman–Crippen MR) is 61.1 cm³/mol. The molecule has 1 rings (SSSR count). The van der Waals surface area contributed by atoms with E-state index in [0.717, 1.165) is 0 Å². The summed E-state index contributed by atoms with van der Waals surface area (Å²) in [4.78, 5) is 10.7. The van der Waals surface area contributed by atoms with Crippen molar-refractivity contribution < 1.29 is 24.1 Å². The molecule has 0 aliphatic carbocycles. The van der Waals surface area contributed by atoms with Crippen molar-refractivity contribution >= 4 is 5.97 Å². The van der Waals surface area contributed by atoms with Gasteiger partial charge in [0.15, 0.2) is 17.6 Å². The molecule has 5 nitrogen and oxygen atoms in total. The van der Waals surface area contributed by atoms with Crippen LogP contribution < -0.4 is 9.47 Å². The average Bonchev–Trinajstić information content (AvgIpc) is 2.34. The average molecular weight is 240 g/mol. The van der Waals surface area contributed by atoms with Gasteiger partial charge in [-0.3, -0.25) is 4.79 Å². The highest BCUT2D eigenvalue weighted by molar-refractivity contribution is 5.66. The first-order valence-corrected chi connectivity index (χ1v) is 5.21. The summed E-state index contributed by atoms with van der Waals surface area (Å²) in [5.41, 5.74) is 0. The maximum absolute atomic E-state index is 10.7. The molecule has 5 heteroatoms. The van der Waals surface area contributed by atoms with E-state index in [1.807, 2.05) is 6.07 Å². The first-order chi connectivity index (χ1) is 8.17. The molecule has 0 spiro atoms. The molecule has 17 heavy (non-hydrogen) atoms. The van der Waals surface area contributed by atoms with Crippen LogP contribution in [0.2, 0.25) is 0 Å². The number of rotatable bonds is 6. The number of hydrogen-bond donors (Lipinski definition) is 1. The number of benzene rings is 1. The topological polar surface area (TPSA) is 65.0 Å². The molecule has 0 aliphatic rings. The molecule has 0 saturated heterocycles. The van der Waals surface area contributed by atoms with Gasteiger partial charge in [0.25, 0.3) is 0 Å². The van der Waals surface area contributed by atoms with E-state index < -0.39 is 12.1 Å². The maximum Gasteiger partial charge on any atom is 0.303 e. The van der Waals surface area contributed by atoms with Crippen LogP contribution in [0.3, 0.4) is 0 Å². The lowest BCUT2D eigenvalue weighted by atomic mass is 10.3. The zero-order chi connectivity index (χ0) is 12.7. The third kappa shape index (κ3) is 4.32. The van der Waals surface area contributed by atoms with E-state index in [-0.39, 0.29) is 13.2 Å². The lowest BCUT2D eigenvalue weighted by Crippen LogP contribution is -2.27. The lowest BCUT2D eigenvalue weighted by Gasteiger charge is -2.16. The molecule has 0 fully saturated rings. The van der Waals surface area contributed by atoms with Crippen LogP contribution in [-0.2, 0) is 9.53 Å². The normalized spacial score (nSPS) is 11.7. The van der Waals surface area contributed by atoms with E-state index >= 15 is 0 Å². The van der Waals surface area contributed by atoms with E-state index in [9.17, 15) is 4.79 Å². The molecule has 1 N–H and O–H groups in total. The first-order valence-electron chi connectivity index (χ1n) is 5.21. The largest absolute Gasteiger partial charge is 0.493 e. The molecule has 0 aliphatic heterocycles. The Labute approximate surface area is 99.9 Å². The molecule has 1 aromatic rings. The smallest absolute Gasteiger partial charge is 0.303 e. The Bertz CT molecular complexity index is 364. The summed E-state index contributed by atoms with van der Waals surface area (Å²) in [5.74, 6) is 0.681. The molecule has 0 unspecified atom stereocenters. The van der Waals surface area contributed by atoms with Gasteiger partial charge in [0.05, 0.1) is 13.7 Å². The van der Waals surface area contributed by atoms with Gasteiger partial charge >= 0.3 is 5.97 Å². The van der Waals surface area contributed by atoms with Gasteiger partial charge in [0.2, 0.25) is 0 Å². The van der Waals surface area contributed by atoms with Crippen LogP contribution in [0.25, 0.3) is 0 Å². The van der Waals surface area contributed by atoms with Crippen molar-refractivity contribution in [2.75, 3.05) is 20.3 Å². The Morgan fingerprint density at radius 2 is 2.00 bits per heavy atom. The van der Waals surface area contributed by atoms with Crippen molar-refractivity contribution in [1.82, 2.24) is 0 Å². The van der Waals surface area contributed by atoms with Crippen LogP contribution in [0.1, 0.15) is 6.92 Å². The quantitative estimate of drug-likeness (QED) is 0.751. The zero-order valence-electron chi connectivity index (χ0n) is 9.88. The molecule has 0 amide bonds. The lowest BCUT2D eigenvalue weighted by molar-refractivity contribution is -0.150. The summed E-state index contributed by atoms with van der Waals surface area (Å²) in [6.07, 6.45) is -0.669. The summed E-state index contributed by atoms with van der Waals surface area (Å²) < 4.78 is 15.4. The molecule has 0 aromatic heterocycles. The van der Waals surface area contributed by atoms with Crippen molar-refractivity contribution in [2.45, 2.75) is 13.0 Å². The number of ether oxygens (including phenoxy) is 3. The number of carbonyl (C=O) groups is 1. The van der Waals surface area contributed by atoms with Gasteiger partial charge in [0.1, 0.15) is 6.61 Å². The van der Waals surface area contributed by atoms with E-state index in [2.05, 4.69) is 0 Å². The minimum absolute atomic E-state index is 0.0798. The standard InChI is InChI=1S/C12H16O5/c1-9(14)17-10(7-13)8-16-12-6-4-3-5-11(12)15-2/h3-6,10,13H,7-8H2,1-2H3/t10-/m0/s1. The second-order valence-corrected chi connectivity index (χ2v) is 3.38. The molecular formula is C12H16O5. The second kappa shape index (κ2) is 6.75. The fourth-order valence-electron chi connectivity index (χ4n) is 1.28. The Morgan fingerprint density at radius 3 is 2.53 bits per heavy atom. The van der Waals surface area contributed by atoms with E-state index in [0.29, 0.717) is 11.5 Å². The van der Waals surface area contributed by atoms with Crippen LogP contribution in [0, 0.1) is 0 Å². The predicted octanol–water partition coefficient (Wildman–Crippen LogP) is 0.998. The maximum atomic E-state index is 10.7. The van der Waals surface area contributed by atoms with Crippen molar-refractivity contribution in [3.63, 3.8) is 0 Å². The SMILES string of the molecule is COc1ccccc1OC[C@H](CO)OC(C)=O. The fourth-order valence-corrected chi connectivity index (χ4v) is 1.28. The van der Waals surface area contributed by atoms with Gasteiger partial charge in [-0.05, 0) is 12.1 Å². The van der Waals surface area contributed by atoms with Crippen LogP contribution in [-0.4, -0.2) is 37.5 Å². The highest BCUT2D eigenvalue weighted by atomic mass is 16.6. The third-order valence-corrected chi connectivity index (χ3v) is 2.03. The number of methoxy groups -OCH3 is 1. The number of para-hydroxylation sites is 2. The van der Waals surface area contributed by atoms with E-state index in [4.69, 9.17) is 19.3 Å². The van der Waals surface area contributed by atoms with Crippen LogP contribution >= 0.6 is 0 Å². The van der Waals surface area contributed by atoms with Crippen LogP contribution in [0.4, 0.5) is 0 Å². The van der Waals surface area contributed by atoms with Gasteiger partial charge < -0.3 is 19.3 Å². The Morgan fingerprint density at radius 1 is 1.35 bits per heavy atom. The highest BCUT2D eigenvalue weighted by Gasteiger charge is 2.12. The van der Waals surface area contributed by atoms with Gasteiger partial charge in [0, 0.05) is 6.92 Å². The van der Waals surface area contributed by atoms with Crippen molar-refractivity contribution in [2.24, 2.45) is 0 Å². The van der Waals surface area contributed by atoms with E-state index in [1.54, 1.807) is 18.2 Å². The molecule has 0 saturated carbocycles. The van der Waals surface area contributed by atoms with Gasteiger partial charge in [-0.25, -0.2) is 0 Å². The number of esters is 1. The molecular weight excluding hydrogens is 224 g/mol. The highest BCUT2D eigenvalue weighted by Crippen LogP contribution is 2.25.